The van der Waals surface area contributed by atoms with Gasteiger partial charge in [-0.2, -0.15) is 0 Å². The van der Waals surface area contributed by atoms with Gasteiger partial charge in [-0.15, -0.1) is 11.3 Å². The van der Waals surface area contributed by atoms with Crippen molar-refractivity contribution in [3.63, 3.8) is 0 Å². The van der Waals surface area contributed by atoms with Crippen LogP contribution in [0.2, 0.25) is 0 Å². The minimum absolute atomic E-state index is 0.473. The molecule has 0 spiro atoms. The highest BCUT2D eigenvalue weighted by molar-refractivity contribution is 7.15. The number of aromatic nitrogens is 1. The molecule has 1 aromatic rings. The van der Waals surface area contributed by atoms with Gasteiger partial charge in [0.15, 0.2) is 5.13 Å². The third-order valence-corrected chi connectivity index (χ3v) is 2.89. The van der Waals surface area contributed by atoms with Crippen molar-refractivity contribution < 1.29 is 9.90 Å². The summed E-state index contributed by atoms with van der Waals surface area (Å²) in [5, 5.41) is 14.4. The molecule has 1 aliphatic rings. The second-order valence-corrected chi connectivity index (χ2v) is 3.83. The van der Waals surface area contributed by atoms with Crippen molar-refractivity contribution in [2.24, 2.45) is 0 Å². The van der Waals surface area contributed by atoms with Gasteiger partial charge >= 0.3 is 6.09 Å². The Morgan fingerprint density at radius 1 is 1.69 bits per heavy atom. The van der Waals surface area contributed by atoms with Crippen LogP contribution in [0.5, 0.6) is 0 Å². The molecule has 0 aliphatic carbocycles. The first-order valence-electron chi connectivity index (χ1n) is 3.95. The average molecular weight is 199 g/mol. The van der Waals surface area contributed by atoms with Gasteiger partial charge in [-0.05, 0) is 6.42 Å². The maximum Gasteiger partial charge on any atom is 0.410 e. The highest BCUT2D eigenvalue weighted by Crippen LogP contribution is 2.25. The summed E-state index contributed by atoms with van der Waals surface area (Å²) >= 11 is 1.42. The Morgan fingerprint density at radius 2 is 2.54 bits per heavy atom. The SMILES string of the molecule is O=C(O)Nc1nc2c(s1)CCNC2. The molecule has 6 heteroatoms. The van der Waals surface area contributed by atoms with Gasteiger partial charge in [-0.3, -0.25) is 5.32 Å². The van der Waals surface area contributed by atoms with E-state index in [9.17, 15) is 4.79 Å². The molecule has 1 aromatic heterocycles. The van der Waals surface area contributed by atoms with Gasteiger partial charge in [0.2, 0.25) is 0 Å². The Balaban J connectivity index is 2.20. The van der Waals surface area contributed by atoms with Crippen LogP contribution in [0, 0.1) is 0 Å². The number of nitrogens with zero attached hydrogens (tertiary/aromatic N) is 1. The van der Waals surface area contributed by atoms with E-state index >= 15 is 0 Å². The number of rotatable bonds is 1. The van der Waals surface area contributed by atoms with Crippen molar-refractivity contribution in [1.29, 1.82) is 0 Å². The van der Waals surface area contributed by atoms with Crippen molar-refractivity contribution in [3.05, 3.63) is 10.6 Å². The van der Waals surface area contributed by atoms with Crippen molar-refractivity contribution in [2.45, 2.75) is 13.0 Å². The van der Waals surface area contributed by atoms with Crippen molar-refractivity contribution in [2.75, 3.05) is 11.9 Å². The topological polar surface area (TPSA) is 74.2 Å². The van der Waals surface area contributed by atoms with Crippen molar-refractivity contribution in [3.8, 4) is 0 Å². The molecule has 3 N–H and O–H groups in total. The molecular formula is C7H9N3O2S. The summed E-state index contributed by atoms with van der Waals surface area (Å²) in [6.45, 7) is 1.69. The molecule has 0 atom stereocenters. The fourth-order valence-electron chi connectivity index (χ4n) is 1.27. The predicted molar refractivity (Wildman–Crippen MR) is 49.2 cm³/mol. The predicted octanol–water partition coefficient (Wildman–Crippen LogP) is 0.879. The number of anilines is 1. The van der Waals surface area contributed by atoms with Crippen LogP contribution in [0.15, 0.2) is 0 Å². The fourth-order valence-corrected chi connectivity index (χ4v) is 2.24. The van der Waals surface area contributed by atoms with Gasteiger partial charge in [0.05, 0.1) is 5.69 Å². The quantitative estimate of drug-likeness (QED) is 0.627. The molecule has 0 unspecified atom stereocenters. The van der Waals surface area contributed by atoms with E-state index in [4.69, 9.17) is 5.11 Å². The van der Waals surface area contributed by atoms with E-state index in [-0.39, 0.29) is 0 Å². The standard InChI is InChI=1S/C7H9N3O2S/c11-7(12)10-6-9-4-3-8-2-1-5(4)13-6/h8H,1-3H2,(H,9,10)(H,11,12). The van der Waals surface area contributed by atoms with Gasteiger partial charge in [0.25, 0.3) is 0 Å². The zero-order valence-electron chi connectivity index (χ0n) is 6.83. The van der Waals surface area contributed by atoms with E-state index in [2.05, 4.69) is 15.6 Å². The van der Waals surface area contributed by atoms with Crippen LogP contribution in [-0.4, -0.2) is 22.7 Å². The summed E-state index contributed by atoms with van der Waals surface area (Å²) in [6.07, 6.45) is -0.118. The van der Waals surface area contributed by atoms with E-state index in [0.29, 0.717) is 5.13 Å². The maximum absolute atomic E-state index is 10.3. The van der Waals surface area contributed by atoms with Crippen LogP contribution in [0.1, 0.15) is 10.6 Å². The van der Waals surface area contributed by atoms with Crippen molar-refractivity contribution >= 4 is 22.6 Å². The summed E-state index contributed by atoms with van der Waals surface area (Å²) < 4.78 is 0. The Labute approximate surface area is 78.8 Å². The lowest BCUT2D eigenvalue weighted by Gasteiger charge is -2.09. The summed E-state index contributed by atoms with van der Waals surface area (Å²) in [6, 6.07) is 0. The van der Waals surface area contributed by atoms with E-state index < -0.39 is 6.09 Å². The molecule has 1 aliphatic heterocycles. The normalized spacial score (nSPS) is 15.1. The number of carboxylic acid groups (broad SMARTS) is 1. The number of fused-ring (bicyclic) bond motifs is 1. The Morgan fingerprint density at radius 3 is 3.23 bits per heavy atom. The number of thiazole rings is 1. The number of carbonyl (C=O) groups is 1. The molecule has 2 rings (SSSR count). The molecule has 70 valence electrons. The highest BCUT2D eigenvalue weighted by atomic mass is 32.1. The Hall–Kier alpha value is -1.14. The average Bonchev–Trinajstić information content (AvgIpc) is 2.44. The zero-order valence-corrected chi connectivity index (χ0v) is 7.65. The second-order valence-electron chi connectivity index (χ2n) is 2.75. The van der Waals surface area contributed by atoms with Crippen molar-refractivity contribution in [1.82, 2.24) is 10.3 Å². The second kappa shape index (κ2) is 3.31. The first kappa shape index (κ1) is 8.46. The molecule has 0 radical (unpaired) electrons. The number of hydrogen-bond donors (Lipinski definition) is 3. The maximum atomic E-state index is 10.3. The summed E-state index contributed by atoms with van der Waals surface area (Å²) in [7, 11) is 0. The van der Waals surface area contributed by atoms with Crippen LogP contribution in [0.3, 0.4) is 0 Å². The van der Waals surface area contributed by atoms with Crippen LogP contribution in [-0.2, 0) is 13.0 Å². The van der Waals surface area contributed by atoms with Gasteiger partial charge in [0.1, 0.15) is 0 Å². The van der Waals surface area contributed by atoms with E-state index in [0.717, 1.165) is 25.2 Å². The number of hydrogen-bond acceptors (Lipinski definition) is 4. The van der Waals surface area contributed by atoms with Crippen LogP contribution in [0.4, 0.5) is 9.93 Å². The summed E-state index contributed by atoms with van der Waals surface area (Å²) in [5.74, 6) is 0. The van der Waals surface area contributed by atoms with Crippen LogP contribution >= 0.6 is 11.3 Å². The van der Waals surface area contributed by atoms with Crippen LogP contribution < -0.4 is 10.6 Å². The lowest BCUT2D eigenvalue weighted by molar-refractivity contribution is 0.209. The molecule has 0 saturated carbocycles. The number of nitrogens with one attached hydrogen (secondary N) is 2. The first-order chi connectivity index (χ1) is 6.25. The largest absolute Gasteiger partial charge is 0.465 e. The zero-order chi connectivity index (χ0) is 9.26. The van der Waals surface area contributed by atoms with Gasteiger partial charge in [0, 0.05) is 18.0 Å². The Bertz CT molecular complexity index is 313. The van der Waals surface area contributed by atoms with E-state index in [1.54, 1.807) is 0 Å². The first-order valence-corrected chi connectivity index (χ1v) is 4.76. The van der Waals surface area contributed by atoms with Gasteiger partial charge in [-0.1, -0.05) is 0 Å². The highest BCUT2D eigenvalue weighted by Gasteiger charge is 2.15. The monoisotopic (exact) mass is 199 g/mol. The lowest BCUT2D eigenvalue weighted by atomic mass is 10.2. The molecule has 0 fully saturated rings. The molecule has 5 nitrogen and oxygen atoms in total. The summed E-state index contributed by atoms with van der Waals surface area (Å²) in [4.78, 5) is 15.7. The fraction of sp³-hybridized carbons (Fsp3) is 0.429. The molecule has 0 aromatic carbocycles. The molecule has 1 amide bonds. The molecular weight excluding hydrogens is 190 g/mol. The van der Waals surface area contributed by atoms with Gasteiger partial charge < -0.3 is 10.4 Å². The third-order valence-electron chi connectivity index (χ3n) is 1.81. The molecule has 0 saturated heterocycles. The van der Waals surface area contributed by atoms with E-state index in [1.807, 2.05) is 0 Å². The molecule has 13 heavy (non-hydrogen) atoms. The van der Waals surface area contributed by atoms with Gasteiger partial charge in [-0.25, -0.2) is 9.78 Å². The summed E-state index contributed by atoms with van der Waals surface area (Å²) in [5.41, 5.74) is 0.972. The van der Waals surface area contributed by atoms with E-state index in [1.165, 1.54) is 16.2 Å². The lowest BCUT2D eigenvalue weighted by Crippen LogP contribution is -2.22. The minimum atomic E-state index is -1.06. The third kappa shape index (κ3) is 1.78. The Kier molecular flexibility index (Phi) is 2.15. The molecule has 0 bridgehead atoms. The minimum Gasteiger partial charge on any atom is -0.465 e. The number of amides is 1. The molecule has 2 heterocycles. The van der Waals surface area contributed by atoms with Crippen LogP contribution in [0.25, 0.3) is 0 Å². The smallest absolute Gasteiger partial charge is 0.410 e.